The van der Waals surface area contributed by atoms with Crippen LogP contribution in [-0.4, -0.2) is 23.0 Å². The van der Waals surface area contributed by atoms with Crippen molar-refractivity contribution in [1.29, 1.82) is 0 Å². The van der Waals surface area contributed by atoms with Crippen LogP contribution < -0.4 is 0 Å². The van der Waals surface area contributed by atoms with Gasteiger partial charge in [-0.15, -0.1) is 0 Å². The van der Waals surface area contributed by atoms with E-state index in [0.29, 0.717) is 17.0 Å². The Hall–Kier alpha value is -2.68. The predicted molar refractivity (Wildman–Crippen MR) is 139 cm³/mol. The molecule has 0 radical (unpaired) electrons. The fraction of sp³-hybridized carbons (Fsp3) is 0.214. The molecule has 0 bridgehead atoms. The van der Waals surface area contributed by atoms with E-state index in [0.717, 1.165) is 19.5 Å². The Balaban J connectivity index is 0.00000119. The Morgan fingerprint density at radius 1 is 0.688 bits per heavy atom. The standard InChI is InChI=1S/C26H22Cl2N2.C2H6/c27-25-26(28)30(17-19-12-13-20-6-1-2-8-23(20)16-19)18-29(25)15-14-22-10-5-9-21-7-3-4-11-24(21)22;1-2/h1-13,16H,14-15,17-18H2;1-2H3. The second-order valence-electron chi connectivity index (χ2n) is 7.75. The molecule has 0 aromatic heterocycles. The zero-order chi connectivity index (χ0) is 22.5. The van der Waals surface area contributed by atoms with Gasteiger partial charge in [0.2, 0.25) is 0 Å². The number of nitrogens with zero attached hydrogens (tertiary/aromatic N) is 2. The molecule has 4 aromatic rings. The van der Waals surface area contributed by atoms with E-state index in [2.05, 4.69) is 94.7 Å². The monoisotopic (exact) mass is 462 g/mol. The SMILES string of the molecule is CC.ClC1=C(Cl)N(Cc2ccc3ccccc3c2)CN1CCc1cccc2ccccc12. The van der Waals surface area contributed by atoms with E-state index in [-0.39, 0.29) is 0 Å². The van der Waals surface area contributed by atoms with Gasteiger partial charge >= 0.3 is 0 Å². The predicted octanol–water partition coefficient (Wildman–Crippen LogP) is 7.94. The minimum Gasteiger partial charge on any atom is -0.342 e. The first-order valence-corrected chi connectivity index (χ1v) is 11.9. The van der Waals surface area contributed by atoms with E-state index in [4.69, 9.17) is 23.2 Å². The fourth-order valence-corrected chi connectivity index (χ4v) is 4.69. The van der Waals surface area contributed by atoms with E-state index < -0.39 is 0 Å². The van der Waals surface area contributed by atoms with Crippen LogP contribution in [0, 0.1) is 0 Å². The van der Waals surface area contributed by atoms with Gasteiger partial charge in [0.05, 0.1) is 6.67 Å². The van der Waals surface area contributed by atoms with Crippen molar-refractivity contribution in [2.45, 2.75) is 26.8 Å². The lowest BCUT2D eigenvalue weighted by atomic mass is 10.0. The third kappa shape index (κ3) is 4.72. The van der Waals surface area contributed by atoms with Gasteiger partial charge in [-0.1, -0.05) is 116 Å². The Bertz CT molecular complexity index is 1240. The van der Waals surface area contributed by atoms with Crippen LogP contribution in [-0.2, 0) is 13.0 Å². The average Bonchev–Trinajstić information content (AvgIpc) is 3.11. The highest BCUT2D eigenvalue weighted by molar-refractivity contribution is 6.38. The van der Waals surface area contributed by atoms with E-state index >= 15 is 0 Å². The summed E-state index contributed by atoms with van der Waals surface area (Å²) in [4.78, 5) is 4.30. The molecule has 0 fully saturated rings. The highest BCUT2D eigenvalue weighted by atomic mass is 35.5. The van der Waals surface area contributed by atoms with Crippen LogP contribution in [0.15, 0.2) is 95.2 Å². The van der Waals surface area contributed by atoms with Crippen LogP contribution in [0.4, 0.5) is 0 Å². The van der Waals surface area contributed by atoms with Gasteiger partial charge < -0.3 is 9.80 Å². The molecule has 1 aliphatic heterocycles. The molecule has 0 saturated carbocycles. The maximum atomic E-state index is 6.60. The third-order valence-electron chi connectivity index (χ3n) is 5.79. The topological polar surface area (TPSA) is 6.48 Å². The highest BCUT2D eigenvalue weighted by Gasteiger charge is 2.26. The quantitative estimate of drug-likeness (QED) is 0.277. The lowest BCUT2D eigenvalue weighted by Crippen LogP contribution is -2.28. The average molecular weight is 463 g/mol. The smallest absolute Gasteiger partial charge is 0.142 e. The summed E-state index contributed by atoms with van der Waals surface area (Å²) in [6.45, 7) is 6.27. The van der Waals surface area contributed by atoms with Crippen LogP contribution in [0.25, 0.3) is 21.5 Å². The molecule has 0 spiro atoms. The largest absolute Gasteiger partial charge is 0.342 e. The molecule has 0 saturated heterocycles. The zero-order valence-corrected chi connectivity index (χ0v) is 20.1. The molecule has 0 aliphatic carbocycles. The van der Waals surface area contributed by atoms with Crippen molar-refractivity contribution >= 4 is 44.7 Å². The lowest BCUT2D eigenvalue weighted by Gasteiger charge is -2.23. The lowest BCUT2D eigenvalue weighted by molar-refractivity contribution is 0.255. The molecule has 0 unspecified atom stereocenters. The van der Waals surface area contributed by atoms with Gasteiger partial charge in [-0.25, -0.2) is 0 Å². The second kappa shape index (κ2) is 10.3. The fourth-order valence-electron chi connectivity index (χ4n) is 4.20. The molecule has 32 heavy (non-hydrogen) atoms. The Morgan fingerprint density at radius 2 is 1.34 bits per heavy atom. The third-order valence-corrected chi connectivity index (χ3v) is 6.72. The van der Waals surface area contributed by atoms with Gasteiger partial charge in [-0.3, -0.25) is 0 Å². The van der Waals surface area contributed by atoms with Crippen molar-refractivity contribution in [3.8, 4) is 0 Å². The normalized spacial score (nSPS) is 13.6. The number of fused-ring (bicyclic) bond motifs is 2. The van der Waals surface area contributed by atoms with Gasteiger partial charge in [-0.2, -0.15) is 0 Å². The number of rotatable bonds is 5. The molecule has 5 rings (SSSR count). The molecule has 0 atom stereocenters. The molecule has 4 aromatic carbocycles. The van der Waals surface area contributed by atoms with Crippen molar-refractivity contribution in [2.24, 2.45) is 0 Å². The van der Waals surface area contributed by atoms with Crippen molar-refractivity contribution in [2.75, 3.05) is 13.2 Å². The van der Waals surface area contributed by atoms with Crippen LogP contribution in [0.3, 0.4) is 0 Å². The van der Waals surface area contributed by atoms with E-state index in [1.807, 2.05) is 13.8 Å². The summed E-state index contributed by atoms with van der Waals surface area (Å²) in [7, 11) is 0. The minimum absolute atomic E-state index is 0.628. The van der Waals surface area contributed by atoms with Crippen LogP contribution in [0.2, 0.25) is 0 Å². The Kier molecular flexibility index (Phi) is 7.24. The Labute approximate surface area is 200 Å². The zero-order valence-electron chi connectivity index (χ0n) is 18.6. The minimum atomic E-state index is 0.628. The number of halogens is 2. The molecule has 164 valence electrons. The van der Waals surface area contributed by atoms with Crippen molar-refractivity contribution in [3.05, 3.63) is 106 Å². The maximum Gasteiger partial charge on any atom is 0.142 e. The van der Waals surface area contributed by atoms with Gasteiger partial charge in [0, 0.05) is 13.1 Å². The highest BCUT2D eigenvalue weighted by Crippen LogP contribution is 2.32. The first kappa shape index (κ1) is 22.5. The molecule has 1 heterocycles. The summed E-state index contributed by atoms with van der Waals surface area (Å²) in [6, 6.07) is 30.0. The van der Waals surface area contributed by atoms with Crippen molar-refractivity contribution < 1.29 is 0 Å². The first-order valence-electron chi connectivity index (χ1n) is 11.2. The summed E-state index contributed by atoms with van der Waals surface area (Å²) in [5.41, 5.74) is 2.56. The van der Waals surface area contributed by atoms with Crippen molar-refractivity contribution in [1.82, 2.24) is 9.80 Å². The number of benzene rings is 4. The van der Waals surface area contributed by atoms with Crippen LogP contribution in [0.5, 0.6) is 0 Å². The molecule has 0 N–H and O–H groups in total. The second-order valence-corrected chi connectivity index (χ2v) is 8.47. The number of hydrogen-bond donors (Lipinski definition) is 0. The van der Waals surface area contributed by atoms with Gasteiger partial charge in [0.1, 0.15) is 10.3 Å². The first-order chi connectivity index (χ1) is 15.7. The van der Waals surface area contributed by atoms with Gasteiger partial charge in [0.25, 0.3) is 0 Å². The van der Waals surface area contributed by atoms with E-state index in [9.17, 15) is 0 Å². The summed E-state index contributed by atoms with van der Waals surface area (Å²) < 4.78 is 0. The van der Waals surface area contributed by atoms with Crippen LogP contribution >= 0.6 is 23.2 Å². The van der Waals surface area contributed by atoms with Gasteiger partial charge in [0.15, 0.2) is 0 Å². The molecule has 2 nitrogen and oxygen atoms in total. The molecule has 0 amide bonds. The number of hydrogen-bond acceptors (Lipinski definition) is 2. The maximum absolute atomic E-state index is 6.60. The summed E-state index contributed by atoms with van der Waals surface area (Å²) in [5.74, 6) is 0. The molecule has 4 heteroatoms. The summed E-state index contributed by atoms with van der Waals surface area (Å²) in [5, 5.41) is 6.33. The van der Waals surface area contributed by atoms with E-state index in [1.165, 1.54) is 32.7 Å². The van der Waals surface area contributed by atoms with E-state index in [1.54, 1.807) is 0 Å². The van der Waals surface area contributed by atoms with Crippen LogP contribution in [0.1, 0.15) is 25.0 Å². The molecular formula is C28H28Cl2N2. The summed E-state index contributed by atoms with van der Waals surface area (Å²) in [6.07, 6.45) is 0.922. The van der Waals surface area contributed by atoms with Gasteiger partial charge in [-0.05, 0) is 45.2 Å². The van der Waals surface area contributed by atoms with Crippen molar-refractivity contribution in [3.63, 3.8) is 0 Å². The molecule has 1 aliphatic rings. The molecular weight excluding hydrogens is 435 g/mol. The summed E-state index contributed by atoms with van der Waals surface area (Å²) >= 11 is 13.2. The Morgan fingerprint density at radius 3 is 2.16 bits per heavy atom.